The molecule has 0 aliphatic carbocycles. The highest BCUT2D eigenvalue weighted by Crippen LogP contribution is 2.34. The quantitative estimate of drug-likeness (QED) is 0.654. The lowest BCUT2D eigenvalue weighted by molar-refractivity contribution is 0.0963. The number of nitrogens with two attached hydrogens (primary N) is 1. The van der Waals surface area contributed by atoms with E-state index in [2.05, 4.69) is 20.7 Å². The van der Waals surface area contributed by atoms with Gasteiger partial charge in [-0.1, -0.05) is 0 Å². The normalized spacial score (nSPS) is 12.0. The van der Waals surface area contributed by atoms with Crippen molar-refractivity contribution in [1.82, 2.24) is 20.1 Å². The Morgan fingerprint density at radius 3 is 2.69 bits per heavy atom. The second-order valence-electron chi connectivity index (χ2n) is 5.52. The van der Waals surface area contributed by atoms with Crippen LogP contribution in [-0.4, -0.2) is 34.5 Å². The number of benzene rings is 2. The molecular formula is C17H16N6O3. The van der Waals surface area contributed by atoms with Gasteiger partial charge in [-0.3, -0.25) is 4.79 Å². The van der Waals surface area contributed by atoms with E-state index in [0.29, 0.717) is 28.7 Å². The second kappa shape index (κ2) is 6.28. The van der Waals surface area contributed by atoms with Gasteiger partial charge in [-0.2, -0.15) is 9.67 Å². The number of amides is 1. The molecule has 0 atom stereocenters. The highest BCUT2D eigenvalue weighted by Gasteiger charge is 2.15. The fourth-order valence-electron chi connectivity index (χ4n) is 2.57. The average molecular weight is 352 g/mol. The van der Waals surface area contributed by atoms with Crippen LogP contribution < -0.4 is 25.8 Å². The molecule has 3 aromatic rings. The lowest BCUT2D eigenvalue weighted by atomic mass is 10.2. The molecule has 0 radical (unpaired) electrons. The number of aromatic nitrogens is 3. The molecule has 0 saturated heterocycles. The Kier molecular flexibility index (Phi) is 3.81. The number of hydrogen-bond acceptors (Lipinski definition) is 7. The van der Waals surface area contributed by atoms with Crippen molar-refractivity contribution in [1.29, 1.82) is 0 Å². The molecule has 0 bridgehead atoms. The Labute approximate surface area is 148 Å². The minimum absolute atomic E-state index is 0.159. The lowest BCUT2D eigenvalue weighted by Crippen LogP contribution is -2.17. The maximum Gasteiger partial charge on any atom is 0.251 e. The number of nitrogens with one attached hydrogen (secondary N) is 2. The van der Waals surface area contributed by atoms with E-state index in [0.717, 1.165) is 5.69 Å². The summed E-state index contributed by atoms with van der Waals surface area (Å²) in [5.74, 6) is 1.77. The molecule has 0 fully saturated rings. The molecular weight excluding hydrogens is 336 g/mol. The molecule has 9 heteroatoms. The molecule has 0 unspecified atom stereocenters. The fraction of sp³-hybridized carbons (Fsp3) is 0.118. The van der Waals surface area contributed by atoms with E-state index in [-0.39, 0.29) is 18.6 Å². The molecule has 4 rings (SSSR count). The molecule has 0 spiro atoms. The lowest BCUT2D eigenvalue weighted by Gasteiger charge is -2.04. The molecule has 2 aromatic carbocycles. The molecule has 1 aliphatic heterocycles. The highest BCUT2D eigenvalue weighted by atomic mass is 16.7. The standard InChI is InChI=1S/C17H16N6O3/c1-19-15(24)10-2-5-12(6-3-10)23-16(18)21-17(22-23)20-11-4-7-13-14(8-11)26-9-25-13/h2-8H,9H2,1H3,(H,19,24)(H3,18,20,21,22). The molecule has 0 saturated carbocycles. The predicted molar refractivity (Wildman–Crippen MR) is 95.0 cm³/mol. The van der Waals surface area contributed by atoms with Crippen LogP contribution in [0.2, 0.25) is 0 Å². The van der Waals surface area contributed by atoms with Crippen molar-refractivity contribution < 1.29 is 14.3 Å². The van der Waals surface area contributed by atoms with Gasteiger partial charge in [0.2, 0.25) is 18.7 Å². The van der Waals surface area contributed by atoms with Crippen LogP contribution in [0.3, 0.4) is 0 Å². The SMILES string of the molecule is CNC(=O)c1ccc(-n2nc(Nc3ccc4c(c3)OCO4)nc2N)cc1. The van der Waals surface area contributed by atoms with Gasteiger partial charge in [-0.15, -0.1) is 5.10 Å². The van der Waals surface area contributed by atoms with Crippen LogP contribution in [0.1, 0.15) is 10.4 Å². The Morgan fingerprint density at radius 2 is 1.92 bits per heavy atom. The van der Waals surface area contributed by atoms with Gasteiger partial charge < -0.3 is 25.8 Å². The van der Waals surface area contributed by atoms with Crippen LogP contribution in [0.15, 0.2) is 42.5 Å². The van der Waals surface area contributed by atoms with Gasteiger partial charge in [0.25, 0.3) is 5.91 Å². The van der Waals surface area contributed by atoms with Crippen LogP contribution in [0, 0.1) is 0 Å². The number of carbonyl (C=O) groups is 1. The largest absolute Gasteiger partial charge is 0.454 e. The number of carbonyl (C=O) groups excluding carboxylic acids is 1. The Morgan fingerprint density at radius 1 is 1.15 bits per heavy atom. The molecule has 132 valence electrons. The van der Waals surface area contributed by atoms with Crippen molar-refractivity contribution in [2.24, 2.45) is 0 Å². The maximum atomic E-state index is 11.6. The monoisotopic (exact) mass is 352 g/mol. The van der Waals surface area contributed by atoms with Crippen LogP contribution in [0.25, 0.3) is 5.69 Å². The summed E-state index contributed by atoms with van der Waals surface area (Å²) in [6.45, 7) is 0.213. The Bertz CT molecular complexity index is 967. The van der Waals surface area contributed by atoms with E-state index in [1.807, 2.05) is 12.1 Å². The summed E-state index contributed by atoms with van der Waals surface area (Å²) in [7, 11) is 1.58. The molecule has 26 heavy (non-hydrogen) atoms. The number of anilines is 3. The number of rotatable bonds is 4. The topological polar surface area (TPSA) is 116 Å². The summed E-state index contributed by atoms with van der Waals surface area (Å²) in [6.07, 6.45) is 0. The third-order valence-corrected chi connectivity index (χ3v) is 3.86. The van der Waals surface area contributed by atoms with Gasteiger partial charge in [-0.05, 0) is 36.4 Å². The Balaban J connectivity index is 1.56. The van der Waals surface area contributed by atoms with Gasteiger partial charge in [-0.25, -0.2) is 0 Å². The summed E-state index contributed by atoms with van der Waals surface area (Å²) in [5, 5.41) is 10.0. The number of hydrogen-bond donors (Lipinski definition) is 3. The van der Waals surface area contributed by atoms with E-state index in [9.17, 15) is 4.79 Å². The van der Waals surface area contributed by atoms with E-state index >= 15 is 0 Å². The average Bonchev–Trinajstić information content (AvgIpc) is 3.27. The summed E-state index contributed by atoms with van der Waals surface area (Å²) in [4.78, 5) is 15.8. The zero-order chi connectivity index (χ0) is 18.1. The fourth-order valence-corrected chi connectivity index (χ4v) is 2.57. The third kappa shape index (κ3) is 2.86. The third-order valence-electron chi connectivity index (χ3n) is 3.86. The van der Waals surface area contributed by atoms with Crippen LogP contribution in [0.5, 0.6) is 11.5 Å². The van der Waals surface area contributed by atoms with Crippen LogP contribution >= 0.6 is 0 Å². The van der Waals surface area contributed by atoms with E-state index < -0.39 is 0 Å². The van der Waals surface area contributed by atoms with E-state index in [4.69, 9.17) is 15.2 Å². The van der Waals surface area contributed by atoms with Crippen molar-refractivity contribution in [3.8, 4) is 17.2 Å². The van der Waals surface area contributed by atoms with Gasteiger partial charge in [0, 0.05) is 24.4 Å². The van der Waals surface area contributed by atoms with Crippen molar-refractivity contribution in [2.75, 3.05) is 24.9 Å². The minimum atomic E-state index is -0.159. The minimum Gasteiger partial charge on any atom is -0.454 e. The van der Waals surface area contributed by atoms with Crippen molar-refractivity contribution >= 4 is 23.5 Å². The first kappa shape index (κ1) is 15.8. The summed E-state index contributed by atoms with van der Waals surface area (Å²) in [5.41, 5.74) is 7.96. The van der Waals surface area contributed by atoms with Gasteiger partial charge in [0.05, 0.1) is 5.69 Å². The first-order valence-corrected chi connectivity index (χ1v) is 7.86. The first-order valence-electron chi connectivity index (χ1n) is 7.86. The van der Waals surface area contributed by atoms with Gasteiger partial charge in [0.1, 0.15) is 0 Å². The van der Waals surface area contributed by atoms with Crippen LogP contribution in [-0.2, 0) is 0 Å². The molecule has 4 N–H and O–H groups in total. The van der Waals surface area contributed by atoms with E-state index in [1.165, 1.54) is 4.68 Å². The smallest absolute Gasteiger partial charge is 0.251 e. The predicted octanol–water partition coefficient (Wildman–Crippen LogP) is 1.68. The molecule has 1 aliphatic rings. The van der Waals surface area contributed by atoms with Gasteiger partial charge in [0.15, 0.2) is 11.5 Å². The zero-order valence-corrected chi connectivity index (χ0v) is 13.9. The molecule has 9 nitrogen and oxygen atoms in total. The van der Waals surface area contributed by atoms with Crippen molar-refractivity contribution in [3.05, 3.63) is 48.0 Å². The van der Waals surface area contributed by atoms with E-state index in [1.54, 1.807) is 37.4 Å². The number of nitrogen functional groups attached to an aromatic ring is 1. The zero-order valence-electron chi connectivity index (χ0n) is 13.9. The molecule has 1 amide bonds. The van der Waals surface area contributed by atoms with Gasteiger partial charge >= 0.3 is 0 Å². The Hall–Kier alpha value is -3.75. The summed E-state index contributed by atoms with van der Waals surface area (Å²) in [6, 6.07) is 12.3. The summed E-state index contributed by atoms with van der Waals surface area (Å²) >= 11 is 0. The molecule has 2 heterocycles. The number of fused-ring (bicyclic) bond motifs is 1. The first-order chi connectivity index (χ1) is 12.6. The van der Waals surface area contributed by atoms with Crippen molar-refractivity contribution in [2.45, 2.75) is 0 Å². The second-order valence-corrected chi connectivity index (χ2v) is 5.52. The highest BCUT2D eigenvalue weighted by molar-refractivity contribution is 5.94. The number of nitrogens with zero attached hydrogens (tertiary/aromatic N) is 3. The number of ether oxygens (including phenoxy) is 2. The van der Waals surface area contributed by atoms with Crippen molar-refractivity contribution in [3.63, 3.8) is 0 Å². The maximum absolute atomic E-state index is 11.6. The van der Waals surface area contributed by atoms with Crippen LogP contribution in [0.4, 0.5) is 17.6 Å². The summed E-state index contributed by atoms with van der Waals surface area (Å²) < 4.78 is 12.1. The molecule has 1 aromatic heterocycles.